The minimum atomic E-state index is -0.706. The van der Waals surface area contributed by atoms with Crippen LogP contribution in [0.5, 0.6) is 0 Å². The topological polar surface area (TPSA) is 58.9 Å². The van der Waals surface area contributed by atoms with Crippen LogP contribution < -0.4 is 0 Å². The highest BCUT2D eigenvalue weighted by atomic mass is 32.2. The predicted octanol–water partition coefficient (Wildman–Crippen LogP) is 3.61. The summed E-state index contributed by atoms with van der Waals surface area (Å²) in [5, 5.41) is 10.3. The van der Waals surface area contributed by atoms with Crippen molar-refractivity contribution in [2.45, 2.75) is 29.5 Å². The number of benzene rings is 1. The van der Waals surface area contributed by atoms with E-state index in [1.807, 2.05) is 32.0 Å². The van der Waals surface area contributed by atoms with Gasteiger partial charge in [-0.15, -0.1) is 11.3 Å². The van der Waals surface area contributed by atoms with Gasteiger partial charge in [0.15, 0.2) is 10.2 Å². The summed E-state index contributed by atoms with van der Waals surface area (Å²) in [6.07, 6.45) is 2.74. The van der Waals surface area contributed by atoms with Crippen LogP contribution >= 0.6 is 23.1 Å². The fourth-order valence-electron chi connectivity index (χ4n) is 1.89. The molecule has 6 heteroatoms. The van der Waals surface area contributed by atoms with E-state index in [0.29, 0.717) is 5.82 Å². The largest absolute Gasteiger partial charge is 0.384 e. The number of aromatic nitrogens is 3. The number of thiazole rings is 1. The normalized spacial score (nSPS) is 14.2. The number of rotatable bonds is 4. The van der Waals surface area contributed by atoms with E-state index in [2.05, 4.69) is 21.0 Å². The minimum Gasteiger partial charge on any atom is -0.384 e. The SMILES string of the molecule is Cc1cnc(C(O)C(C)Sc2nc3ccccc3s2)nc1. The van der Waals surface area contributed by atoms with Crippen molar-refractivity contribution in [3.05, 3.63) is 48.0 Å². The first-order valence-electron chi connectivity index (χ1n) is 6.62. The number of aryl methyl sites for hydroxylation is 1. The molecule has 2 atom stereocenters. The van der Waals surface area contributed by atoms with Crippen molar-refractivity contribution in [2.75, 3.05) is 0 Å². The number of fused-ring (bicyclic) bond motifs is 1. The van der Waals surface area contributed by atoms with E-state index < -0.39 is 6.10 Å². The van der Waals surface area contributed by atoms with E-state index >= 15 is 0 Å². The lowest BCUT2D eigenvalue weighted by molar-refractivity contribution is 0.169. The lowest BCUT2D eigenvalue weighted by Crippen LogP contribution is -2.14. The van der Waals surface area contributed by atoms with E-state index in [1.54, 1.807) is 35.5 Å². The van der Waals surface area contributed by atoms with Gasteiger partial charge in [-0.25, -0.2) is 15.0 Å². The van der Waals surface area contributed by atoms with Crippen LogP contribution in [0.4, 0.5) is 0 Å². The van der Waals surface area contributed by atoms with Crippen LogP contribution in [-0.2, 0) is 0 Å². The lowest BCUT2D eigenvalue weighted by atomic mass is 10.2. The first-order valence-corrected chi connectivity index (χ1v) is 8.32. The molecule has 1 aromatic carbocycles. The zero-order chi connectivity index (χ0) is 14.8. The summed E-state index contributed by atoms with van der Waals surface area (Å²) in [6, 6.07) is 8.05. The van der Waals surface area contributed by atoms with Crippen molar-refractivity contribution >= 4 is 33.3 Å². The van der Waals surface area contributed by atoms with Crippen molar-refractivity contribution < 1.29 is 5.11 Å². The molecule has 0 aliphatic rings. The summed E-state index contributed by atoms with van der Waals surface area (Å²) < 4.78 is 2.11. The molecule has 1 N–H and O–H groups in total. The number of thioether (sulfide) groups is 1. The second kappa shape index (κ2) is 6.09. The summed E-state index contributed by atoms with van der Waals surface area (Å²) in [4.78, 5) is 13.0. The Balaban J connectivity index is 1.75. The predicted molar refractivity (Wildman–Crippen MR) is 86.7 cm³/mol. The lowest BCUT2D eigenvalue weighted by Gasteiger charge is -2.15. The molecule has 108 valence electrons. The molecule has 0 aliphatic carbocycles. The third-order valence-electron chi connectivity index (χ3n) is 3.07. The number of aliphatic hydroxyl groups excluding tert-OH is 1. The number of nitrogens with zero attached hydrogens (tertiary/aromatic N) is 3. The summed E-state index contributed by atoms with van der Waals surface area (Å²) >= 11 is 3.19. The third-order valence-corrected chi connectivity index (χ3v) is 5.36. The van der Waals surface area contributed by atoms with Crippen molar-refractivity contribution in [2.24, 2.45) is 0 Å². The Bertz CT molecular complexity index is 709. The molecule has 2 heterocycles. The molecule has 2 unspecified atom stereocenters. The van der Waals surface area contributed by atoms with Gasteiger partial charge in [0.1, 0.15) is 6.10 Å². The maximum absolute atomic E-state index is 10.3. The van der Waals surface area contributed by atoms with Gasteiger partial charge < -0.3 is 5.11 Å². The molecule has 0 saturated carbocycles. The number of hydrogen-bond acceptors (Lipinski definition) is 6. The van der Waals surface area contributed by atoms with Gasteiger partial charge in [-0.3, -0.25) is 0 Å². The Morgan fingerprint density at radius 2 is 1.90 bits per heavy atom. The van der Waals surface area contributed by atoms with Gasteiger partial charge in [-0.2, -0.15) is 0 Å². The molecule has 0 fully saturated rings. The quantitative estimate of drug-likeness (QED) is 0.745. The molecule has 0 saturated heterocycles. The van der Waals surface area contributed by atoms with Crippen LogP contribution in [0, 0.1) is 6.92 Å². The first-order chi connectivity index (χ1) is 10.1. The molecule has 0 amide bonds. The minimum absolute atomic E-state index is 0.0618. The van der Waals surface area contributed by atoms with Gasteiger partial charge in [0.05, 0.1) is 10.2 Å². The van der Waals surface area contributed by atoms with Gasteiger partial charge in [0.25, 0.3) is 0 Å². The highest BCUT2D eigenvalue weighted by Crippen LogP contribution is 2.35. The van der Waals surface area contributed by atoms with Crippen molar-refractivity contribution in [3.63, 3.8) is 0 Å². The van der Waals surface area contributed by atoms with Gasteiger partial charge in [-0.1, -0.05) is 23.9 Å². The van der Waals surface area contributed by atoms with Gasteiger partial charge in [0, 0.05) is 17.6 Å². The number of hydrogen-bond donors (Lipinski definition) is 1. The Hall–Kier alpha value is -1.50. The van der Waals surface area contributed by atoms with Crippen LogP contribution in [0.3, 0.4) is 0 Å². The molecule has 4 nitrogen and oxygen atoms in total. The van der Waals surface area contributed by atoms with E-state index in [0.717, 1.165) is 20.1 Å². The van der Waals surface area contributed by atoms with Crippen LogP contribution in [-0.4, -0.2) is 25.3 Å². The molecule has 0 bridgehead atoms. The molecule has 0 spiro atoms. The fraction of sp³-hybridized carbons (Fsp3) is 0.267. The molecule has 3 aromatic rings. The first kappa shape index (κ1) is 14.4. The monoisotopic (exact) mass is 317 g/mol. The van der Waals surface area contributed by atoms with Crippen LogP contribution in [0.1, 0.15) is 24.4 Å². The number of aliphatic hydroxyl groups is 1. The highest BCUT2D eigenvalue weighted by molar-refractivity contribution is 8.01. The van der Waals surface area contributed by atoms with E-state index in [4.69, 9.17) is 0 Å². The van der Waals surface area contributed by atoms with Crippen LogP contribution in [0.15, 0.2) is 41.0 Å². The second-order valence-electron chi connectivity index (χ2n) is 4.83. The van der Waals surface area contributed by atoms with E-state index in [9.17, 15) is 5.11 Å². The summed E-state index contributed by atoms with van der Waals surface area (Å²) in [5.41, 5.74) is 1.98. The summed E-state index contributed by atoms with van der Waals surface area (Å²) in [6.45, 7) is 3.89. The Morgan fingerprint density at radius 1 is 1.19 bits per heavy atom. The maximum Gasteiger partial charge on any atom is 0.157 e. The second-order valence-corrected chi connectivity index (χ2v) is 7.49. The van der Waals surface area contributed by atoms with Gasteiger partial charge in [0.2, 0.25) is 0 Å². The Labute approximate surface area is 131 Å². The van der Waals surface area contributed by atoms with Crippen LogP contribution in [0.25, 0.3) is 10.2 Å². The van der Waals surface area contributed by atoms with Crippen molar-refractivity contribution in [1.29, 1.82) is 0 Å². The van der Waals surface area contributed by atoms with Gasteiger partial charge in [-0.05, 0) is 31.5 Å². The van der Waals surface area contributed by atoms with Gasteiger partial charge >= 0.3 is 0 Å². The Kier molecular flexibility index (Phi) is 4.19. The van der Waals surface area contributed by atoms with Crippen LogP contribution in [0.2, 0.25) is 0 Å². The molecular weight excluding hydrogens is 302 g/mol. The van der Waals surface area contributed by atoms with Crippen molar-refractivity contribution in [3.8, 4) is 0 Å². The Morgan fingerprint density at radius 3 is 2.62 bits per heavy atom. The molecular formula is C15H15N3OS2. The summed E-state index contributed by atoms with van der Waals surface area (Å²) in [5.74, 6) is 0.460. The zero-order valence-electron chi connectivity index (χ0n) is 11.7. The average Bonchev–Trinajstić information content (AvgIpc) is 2.89. The molecule has 0 radical (unpaired) electrons. The van der Waals surface area contributed by atoms with E-state index in [-0.39, 0.29) is 5.25 Å². The maximum atomic E-state index is 10.3. The zero-order valence-corrected chi connectivity index (χ0v) is 13.4. The molecule has 0 aliphatic heterocycles. The molecule has 2 aromatic heterocycles. The fourth-order valence-corrected chi connectivity index (χ4v) is 4.22. The van der Waals surface area contributed by atoms with Crippen molar-refractivity contribution in [1.82, 2.24) is 15.0 Å². The summed E-state index contributed by atoms with van der Waals surface area (Å²) in [7, 11) is 0. The molecule has 3 rings (SSSR count). The molecule has 21 heavy (non-hydrogen) atoms. The third kappa shape index (κ3) is 3.23. The highest BCUT2D eigenvalue weighted by Gasteiger charge is 2.21. The average molecular weight is 317 g/mol. The van der Waals surface area contributed by atoms with E-state index in [1.165, 1.54) is 0 Å². The number of para-hydroxylation sites is 1. The standard InChI is InChI=1S/C15H15N3OS2/c1-9-7-16-14(17-8-9)13(19)10(2)20-15-18-11-5-3-4-6-12(11)21-15/h3-8,10,13,19H,1-2H3. The smallest absolute Gasteiger partial charge is 0.157 e.